The predicted octanol–water partition coefficient (Wildman–Crippen LogP) is 1.61. The number of rotatable bonds is 3. The Kier molecular flexibility index (Phi) is 5.83. The van der Waals surface area contributed by atoms with Crippen molar-refractivity contribution in [3.8, 4) is 6.07 Å². The molecule has 8 nitrogen and oxygen atoms in total. The molecule has 0 bridgehead atoms. The smallest absolute Gasteiger partial charge is 0.141 e. The zero-order chi connectivity index (χ0) is 25.0. The van der Waals surface area contributed by atoms with Crippen LogP contribution in [0.15, 0.2) is 36.4 Å². The molecule has 0 saturated carbocycles. The molecule has 6 rings (SSSR count). The van der Waals surface area contributed by atoms with Crippen molar-refractivity contribution in [3.05, 3.63) is 53.2 Å². The molecule has 2 aromatic heterocycles. The minimum Gasteiger partial charge on any atom is -0.378 e. The fraction of sp³-hybridized carbons (Fsp3) is 0.444. The number of piperidine rings is 1. The number of nitrogens with zero attached hydrogens (tertiary/aromatic N) is 6. The van der Waals surface area contributed by atoms with Gasteiger partial charge in [-0.2, -0.15) is 5.26 Å². The molecule has 2 saturated heterocycles. The number of fused-ring (bicyclic) bond motifs is 4. The van der Waals surface area contributed by atoms with Gasteiger partial charge in [0.15, 0.2) is 0 Å². The predicted molar refractivity (Wildman–Crippen MR) is 142 cm³/mol. The molecular formula is C27H30BN7O. The summed E-state index contributed by atoms with van der Waals surface area (Å²) in [6.07, 6.45) is 0.928. The van der Waals surface area contributed by atoms with Gasteiger partial charge in [0.2, 0.25) is 0 Å². The average molecular weight is 479 g/mol. The quantitative estimate of drug-likeness (QED) is 0.567. The number of hydrogen-bond donors (Lipinski definition) is 1. The maximum atomic E-state index is 9.59. The molecule has 0 amide bonds. The normalized spacial score (nSPS) is 26.1. The standard InChI is InChI=1S/C27H30BN7O/c1-16-12-34(22-6-3-17(11-29)27-19(22)4-7-25(28)32-27)14-23-18-5-8-26(31-21(18)13-35(16)23)33-10-9-20(30)24(15-33)36-2/h3-8,16,20,23-24H,9-10,12-15,30H2,1-2H3/t16-,20+,23-,24-/m1/s1. The van der Waals surface area contributed by atoms with Crippen LogP contribution in [0.3, 0.4) is 0 Å². The topological polar surface area (TPSA) is 94.5 Å². The third-order valence-corrected chi connectivity index (χ3v) is 8.08. The Balaban J connectivity index is 1.30. The summed E-state index contributed by atoms with van der Waals surface area (Å²) in [4.78, 5) is 16.9. The van der Waals surface area contributed by atoms with Crippen molar-refractivity contribution in [1.29, 1.82) is 5.26 Å². The first kappa shape index (κ1) is 23.2. The first-order valence-electron chi connectivity index (χ1n) is 12.6. The van der Waals surface area contributed by atoms with E-state index in [1.165, 1.54) is 5.56 Å². The number of anilines is 2. The van der Waals surface area contributed by atoms with Crippen molar-refractivity contribution >= 4 is 35.8 Å². The second-order valence-corrected chi connectivity index (χ2v) is 10.2. The van der Waals surface area contributed by atoms with Crippen LogP contribution in [0.4, 0.5) is 11.5 Å². The number of nitrogens with two attached hydrogens (primary N) is 1. The van der Waals surface area contributed by atoms with E-state index in [1.54, 1.807) is 7.11 Å². The largest absolute Gasteiger partial charge is 0.378 e. The Morgan fingerprint density at radius 2 is 1.94 bits per heavy atom. The summed E-state index contributed by atoms with van der Waals surface area (Å²) < 4.78 is 5.61. The van der Waals surface area contributed by atoms with E-state index < -0.39 is 0 Å². The summed E-state index contributed by atoms with van der Waals surface area (Å²) in [6.45, 7) is 6.55. The molecule has 3 aliphatic heterocycles. The van der Waals surface area contributed by atoms with Gasteiger partial charge in [0.25, 0.3) is 0 Å². The third kappa shape index (κ3) is 3.81. The molecule has 2 fully saturated rings. The minimum absolute atomic E-state index is 0.0285. The highest BCUT2D eigenvalue weighted by atomic mass is 16.5. The monoisotopic (exact) mass is 479 g/mol. The van der Waals surface area contributed by atoms with Crippen molar-refractivity contribution in [2.24, 2.45) is 5.73 Å². The number of piperazine rings is 1. The number of benzene rings is 1. The first-order valence-corrected chi connectivity index (χ1v) is 12.6. The van der Waals surface area contributed by atoms with Gasteiger partial charge in [0, 0.05) is 63.0 Å². The van der Waals surface area contributed by atoms with Crippen LogP contribution in [0, 0.1) is 11.3 Å². The number of hydrogen-bond acceptors (Lipinski definition) is 8. The number of aromatic nitrogens is 2. The van der Waals surface area contributed by atoms with E-state index in [2.05, 4.69) is 44.8 Å². The summed E-state index contributed by atoms with van der Waals surface area (Å²) in [5.74, 6) is 1.01. The number of methoxy groups -OCH3 is 1. The summed E-state index contributed by atoms with van der Waals surface area (Å²) in [5, 5.41) is 10.6. The van der Waals surface area contributed by atoms with E-state index in [0.29, 0.717) is 22.7 Å². The lowest BCUT2D eigenvalue weighted by atomic mass is 9.98. The summed E-state index contributed by atoms with van der Waals surface area (Å²) >= 11 is 0. The fourth-order valence-corrected chi connectivity index (χ4v) is 6.11. The maximum absolute atomic E-state index is 9.59. The Hall–Kier alpha value is -3.19. The lowest BCUT2D eigenvalue weighted by Gasteiger charge is -2.43. The Labute approximate surface area is 213 Å². The average Bonchev–Trinajstić information content (AvgIpc) is 3.26. The van der Waals surface area contributed by atoms with Crippen molar-refractivity contribution in [1.82, 2.24) is 14.9 Å². The van der Waals surface area contributed by atoms with Gasteiger partial charge in [-0.25, -0.2) is 4.98 Å². The Morgan fingerprint density at radius 3 is 2.75 bits per heavy atom. The summed E-state index contributed by atoms with van der Waals surface area (Å²) in [7, 11) is 7.68. The zero-order valence-electron chi connectivity index (χ0n) is 20.8. The molecule has 3 aliphatic rings. The van der Waals surface area contributed by atoms with Gasteiger partial charge >= 0.3 is 0 Å². The van der Waals surface area contributed by atoms with E-state index >= 15 is 0 Å². The van der Waals surface area contributed by atoms with Crippen LogP contribution < -0.4 is 21.1 Å². The highest BCUT2D eigenvalue weighted by Crippen LogP contribution is 2.41. The lowest BCUT2D eigenvalue weighted by Crippen LogP contribution is -2.51. The molecule has 5 heterocycles. The van der Waals surface area contributed by atoms with E-state index in [1.807, 2.05) is 24.3 Å². The van der Waals surface area contributed by atoms with Crippen LogP contribution >= 0.6 is 0 Å². The van der Waals surface area contributed by atoms with Crippen LogP contribution in [0.2, 0.25) is 0 Å². The zero-order valence-corrected chi connectivity index (χ0v) is 20.8. The van der Waals surface area contributed by atoms with Gasteiger partial charge < -0.3 is 20.3 Å². The van der Waals surface area contributed by atoms with Crippen molar-refractivity contribution in [2.75, 3.05) is 43.1 Å². The van der Waals surface area contributed by atoms with Gasteiger partial charge in [0.1, 0.15) is 19.7 Å². The minimum atomic E-state index is 0.0285. The molecule has 2 N–H and O–H groups in total. The van der Waals surface area contributed by atoms with E-state index in [-0.39, 0.29) is 18.2 Å². The van der Waals surface area contributed by atoms with E-state index in [4.69, 9.17) is 23.3 Å². The Bertz CT molecular complexity index is 1360. The summed E-state index contributed by atoms with van der Waals surface area (Å²) in [6, 6.07) is 15.1. The highest BCUT2D eigenvalue weighted by Gasteiger charge is 2.40. The van der Waals surface area contributed by atoms with Crippen molar-refractivity contribution < 1.29 is 4.74 Å². The second-order valence-electron chi connectivity index (χ2n) is 10.2. The molecule has 182 valence electrons. The highest BCUT2D eigenvalue weighted by molar-refractivity contribution is 6.31. The van der Waals surface area contributed by atoms with Gasteiger partial charge in [-0.15, -0.1) is 0 Å². The molecule has 9 heteroatoms. The van der Waals surface area contributed by atoms with Crippen LogP contribution in [0.1, 0.15) is 36.2 Å². The fourth-order valence-electron chi connectivity index (χ4n) is 6.11. The molecule has 2 radical (unpaired) electrons. The van der Waals surface area contributed by atoms with E-state index in [9.17, 15) is 5.26 Å². The molecular weight excluding hydrogens is 449 g/mol. The number of ether oxygens (including phenoxy) is 1. The molecule has 36 heavy (non-hydrogen) atoms. The molecule has 3 aromatic rings. The second kappa shape index (κ2) is 9.04. The summed E-state index contributed by atoms with van der Waals surface area (Å²) in [5.41, 5.74) is 11.4. The van der Waals surface area contributed by atoms with Crippen LogP contribution in [0.5, 0.6) is 0 Å². The Morgan fingerprint density at radius 1 is 1.08 bits per heavy atom. The third-order valence-electron chi connectivity index (χ3n) is 8.08. The van der Waals surface area contributed by atoms with Crippen molar-refractivity contribution in [2.45, 2.75) is 44.1 Å². The van der Waals surface area contributed by atoms with Crippen LogP contribution in [0.25, 0.3) is 10.9 Å². The molecule has 0 aliphatic carbocycles. The lowest BCUT2D eigenvalue weighted by molar-refractivity contribution is 0.0728. The van der Waals surface area contributed by atoms with Gasteiger partial charge in [-0.3, -0.25) is 9.88 Å². The van der Waals surface area contributed by atoms with Crippen molar-refractivity contribution in [3.63, 3.8) is 0 Å². The van der Waals surface area contributed by atoms with Crippen LogP contribution in [-0.2, 0) is 11.3 Å². The maximum Gasteiger partial charge on any atom is 0.141 e. The SMILES string of the molecule is [B]c1ccc2c(N3C[C@@H](C)N4Cc5nc(N6CC[C@H](N)[C@H](OC)C6)ccc5[C@H]4C3)ccc(C#N)c2n1. The molecule has 0 unspecified atom stereocenters. The van der Waals surface area contributed by atoms with E-state index in [0.717, 1.165) is 61.7 Å². The molecule has 0 spiro atoms. The number of pyridine rings is 2. The molecule has 1 aromatic carbocycles. The molecule has 4 atom stereocenters. The van der Waals surface area contributed by atoms with Gasteiger partial charge in [-0.05, 0) is 48.8 Å². The van der Waals surface area contributed by atoms with Crippen LogP contribution in [-0.4, -0.2) is 74.2 Å². The first-order chi connectivity index (χ1) is 17.5. The number of nitriles is 1. The van der Waals surface area contributed by atoms with Gasteiger partial charge in [0.05, 0.1) is 28.9 Å². The van der Waals surface area contributed by atoms with Gasteiger partial charge in [-0.1, -0.05) is 12.1 Å².